The first-order valence-corrected chi connectivity index (χ1v) is 7.57. The average Bonchev–Trinajstić information content (AvgIpc) is 2.56. The molecule has 0 spiro atoms. The van der Waals surface area contributed by atoms with Gasteiger partial charge in [0.05, 0.1) is 0 Å². The number of hydrogen-bond acceptors (Lipinski definition) is 2. The normalized spacial score (nSPS) is 11.2. The van der Waals surface area contributed by atoms with Crippen LogP contribution >= 0.6 is 0 Å². The van der Waals surface area contributed by atoms with Crippen molar-refractivity contribution in [1.82, 2.24) is 0 Å². The summed E-state index contributed by atoms with van der Waals surface area (Å²) in [5.41, 5.74) is 4.51. The van der Waals surface area contributed by atoms with Gasteiger partial charge in [0, 0.05) is 0 Å². The van der Waals surface area contributed by atoms with Crippen LogP contribution in [0, 0.1) is 0 Å². The Morgan fingerprint density at radius 1 is 0.955 bits per heavy atom. The number of aliphatic carboxylic acids is 1. The van der Waals surface area contributed by atoms with Gasteiger partial charge in [-0.1, -0.05) is 62.4 Å². The van der Waals surface area contributed by atoms with Gasteiger partial charge in [0.1, 0.15) is 12.3 Å². The molecule has 0 atom stereocenters. The molecule has 3 nitrogen and oxygen atoms in total. The number of carboxylic acids is 1. The van der Waals surface area contributed by atoms with Crippen molar-refractivity contribution in [2.75, 3.05) is 0 Å². The molecular weight excluding hydrogens is 274 g/mol. The van der Waals surface area contributed by atoms with E-state index in [4.69, 9.17) is 5.11 Å². The smallest absolute Gasteiger partial charge is 0.346 e. The SMILES string of the molecule is CCc1ccc(C(N=CC(=O)O)c2ccc(CC)cc2)cc1. The molecule has 114 valence electrons. The second kappa shape index (κ2) is 7.55. The Hall–Kier alpha value is -2.42. The quantitative estimate of drug-likeness (QED) is 0.817. The van der Waals surface area contributed by atoms with Crippen LogP contribution in [-0.2, 0) is 17.6 Å². The Morgan fingerprint density at radius 3 is 1.68 bits per heavy atom. The van der Waals surface area contributed by atoms with Crippen LogP contribution in [0.2, 0.25) is 0 Å². The highest BCUT2D eigenvalue weighted by atomic mass is 16.4. The van der Waals surface area contributed by atoms with E-state index >= 15 is 0 Å². The van der Waals surface area contributed by atoms with E-state index in [1.165, 1.54) is 11.1 Å². The number of hydrogen-bond donors (Lipinski definition) is 1. The van der Waals surface area contributed by atoms with Crippen molar-refractivity contribution >= 4 is 12.2 Å². The minimum atomic E-state index is -1.03. The summed E-state index contributed by atoms with van der Waals surface area (Å²) in [6.45, 7) is 4.22. The summed E-state index contributed by atoms with van der Waals surface area (Å²) in [5.74, 6) is -1.03. The van der Waals surface area contributed by atoms with Gasteiger partial charge in [-0.05, 0) is 35.1 Å². The van der Waals surface area contributed by atoms with Crippen LogP contribution in [0.3, 0.4) is 0 Å². The molecule has 0 amide bonds. The van der Waals surface area contributed by atoms with Gasteiger partial charge in [0.15, 0.2) is 0 Å². The van der Waals surface area contributed by atoms with Crippen LogP contribution in [0.25, 0.3) is 0 Å². The van der Waals surface area contributed by atoms with Crippen molar-refractivity contribution in [3.05, 3.63) is 70.8 Å². The molecule has 0 heterocycles. The van der Waals surface area contributed by atoms with E-state index in [1.807, 2.05) is 24.3 Å². The molecule has 0 radical (unpaired) electrons. The summed E-state index contributed by atoms with van der Waals surface area (Å²) < 4.78 is 0. The summed E-state index contributed by atoms with van der Waals surface area (Å²) in [6.07, 6.45) is 2.94. The molecule has 2 aromatic carbocycles. The zero-order chi connectivity index (χ0) is 15.9. The van der Waals surface area contributed by atoms with E-state index in [9.17, 15) is 4.79 Å². The molecule has 0 aliphatic carbocycles. The molecule has 1 N–H and O–H groups in total. The van der Waals surface area contributed by atoms with Gasteiger partial charge in [-0.15, -0.1) is 0 Å². The Labute approximate surface area is 131 Å². The number of aliphatic imine (C=N–C) groups is 1. The van der Waals surface area contributed by atoms with E-state index in [0.717, 1.165) is 30.2 Å². The maximum Gasteiger partial charge on any atom is 0.346 e. The molecule has 0 fully saturated rings. The minimum absolute atomic E-state index is 0.284. The molecule has 0 saturated carbocycles. The summed E-state index contributed by atoms with van der Waals surface area (Å²) in [7, 11) is 0. The molecular formula is C19H21NO2. The molecule has 0 aliphatic heterocycles. The monoisotopic (exact) mass is 295 g/mol. The molecule has 0 saturated heterocycles. The van der Waals surface area contributed by atoms with Crippen LogP contribution < -0.4 is 0 Å². The fourth-order valence-electron chi connectivity index (χ4n) is 2.37. The first-order valence-electron chi connectivity index (χ1n) is 7.57. The van der Waals surface area contributed by atoms with Crippen LogP contribution in [0.4, 0.5) is 0 Å². The first-order chi connectivity index (χ1) is 10.6. The Bertz CT molecular complexity index is 595. The molecule has 0 aromatic heterocycles. The number of carboxylic acid groups (broad SMARTS) is 1. The lowest BCUT2D eigenvalue weighted by molar-refractivity contribution is -0.128. The van der Waals surface area contributed by atoms with Crippen LogP contribution in [0.15, 0.2) is 53.5 Å². The van der Waals surface area contributed by atoms with Crippen LogP contribution in [0.1, 0.15) is 42.1 Å². The lowest BCUT2D eigenvalue weighted by atomic mass is 9.96. The highest BCUT2D eigenvalue weighted by molar-refractivity contribution is 6.22. The van der Waals surface area contributed by atoms with Crippen molar-refractivity contribution in [1.29, 1.82) is 0 Å². The molecule has 0 bridgehead atoms. The predicted octanol–water partition coefficient (Wildman–Crippen LogP) is 4.06. The number of nitrogens with zero attached hydrogens (tertiary/aromatic N) is 1. The number of aryl methyl sites for hydroxylation is 2. The minimum Gasteiger partial charge on any atom is -0.477 e. The maximum atomic E-state index is 10.8. The van der Waals surface area contributed by atoms with Crippen molar-refractivity contribution < 1.29 is 9.90 Å². The zero-order valence-electron chi connectivity index (χ0n) is 13.0. The van der Waals surface area contributed by atoms with Crippen molar-refractivity contribution in [3.63, 3.8) is 0 Å². The number of carbonyl (C=O) groups is 1. The average molecular weight is 295 g/mol. The van der Waals surface area contributed by atoms with Crippen molar-refractivity contribution in [2.45, 2.75) is 32.7 Å². The van der Waals surface area contributed by atoms with Crippen molar-refractivity contribution in [3.8, 4) is 0 Å². The molecule has 22 heavy (non-hydrogen) atoms. The highest BCUT2D eigenvalue weighted by Gasteiger charge is 2.12. The van der Waals surface area contributed by atoms with Gasteiger partial charge in [-0.2, -0.15) is 0 Å². The molecule has 2 rings (SSSR count). The fraction of sp³-hybridized carbons (Fsp3) is 0.263. The van der Waals surface area contributed by atoms with E-state index in [0.29, 0.717) is 0 Å². The zero-order valence-corrected chi connectivity index (χ0v) is 13.0. The van der Waals surface area contributed by atoms with Gasteiger partial charge in [-0.3, -0.25) is 4.99 Å². The third-order valence-electron chi connectivity index (χ3n) is 3.74. The van der Waals surface area contributed by atoms with Crippen LogP contribution in [0.5, 0.6) is 0 Å². The molecule has 0 aliphatic rings. The van der Waals surface area contributed by atoms with Gasteiger partial charge in [0.2, 0.25) is 0 Å². The maximum absolute atomic E-state index is 10.8. The van der Waals surface area contributed by atoms with E-state index in [2.05, 4.69) is 43.1 Å². The Balaban J connectivity index is 2.37. The van der Waals surface area contributed by atoms with Gasteiger partial charge in [0.25, 0.3) is 0 Å². The van der Waals surface area contributed by atoms with Gasteiger partial charge >= 0.3 is 5.97 Å². The fourth-order valence-corrected chi connectivity index (χ4v) is 2.37. The molecule has 0 unspecified atom stereocenters. The third kappa shape index (κ3) is 4.04. The number of rotatable bonds is 6. The van der Waals surface area contributed by atoms with Gasteiger partial charge < -0.3 is 5.11 Å². The predicted molar refractivity (Wildman–Crippen MR) is 89.6 cm³/mol. The molecule has 2 aromatic rings. The van der Waals surface area contributed by atoms with E-state index in [1.54, 1.807) is 0 Å². The second-order valence-corrected chi connectivity index (χ2v) is 5.21. The largest absolute Gasteiger partial charge is 0.477 e. The third-order valence-corrected chi connectivity index (χ3v) is 3.74. The van der Waals surface area contributed by atoms with E-state index in [-0.39, 0.29) is 6.04 Å². The van der Waals surface area contributed by atoms with Crippen molar-refractivity contribution in [2.24, 2.45) is 4.99 Å². The highest BCUT2D eigenvalue weighted by Crippen LogP contribution is 2.26. The summed E-state index contributed by atoms with van der Waals surface area (Å²) in [6, 6.07) is 16.1. The lowest BCUT2D eigenvalue weighted by Gasteiger charge is -2.14. The summed E-state index contributed by atoms with van der Waals surface area (Å²) in [4.78, 5) is 15.1. The number of benzene rings is 2. The first kappa shape index (κ1) is 16.0. The Morgan fingerprint density at radius 2 is 1.36 bits per heavy atom. The van der Waals surface area contributed by atoms with Crippen LogP contribution in [-0.4, -0.2) is 17.3 Å². The Kier molecular flexibility index (Phi) is 5.48. The second-order valence-electron chi connectivity index (χ2n) is 5.21. The summed E-state index contributed by atoms with van der Waals surface area (Å²) in [5, 5.41) is 8.87. The molecule has 3 heteroatoms. The van der Waals surface area contributed by atoms with E-state index < -0.39 is 5.97 Å². The lowest BCUT2D eigenvalue weighted by Crippen LogP contribution is -2.03. The summed E-state index contributed by atoms with van der Waals surface area (Å²) >= 11 is 0. The van der Waals surface area contributed by atoms with Gasteiger partial charge in [-0.25, -0.2) is 4.79 Å². The topological polar surface area (TPSA) is 49.7 Å². The standard InChI is InChI=1S/C19H21NO2/c1-3-14-5-9-16(10-6-14)19(20-13-18(21)22)17-11-7-15(4-2)8-12-17/h5-13,19H,3-4H2,1-2H3,(H,21,22).